The summed E-state index contributed by atoms with van der Waals surface area (Å²) in [6.07, 6.45) is 0.0947. The van der Waals surface area contributed by atoms with Crippen molar-refractivity contribution in [3.63, 3.8) is 0 Å². The highest BCUT2D eigenvalue weighted by atomic mass is 16.3. The standard InChI is InChI=1S/C33H48N4O12/c38-13-5-34(6-14-39)30(46)26-3-1-24(22-28(26)32(48)36(9-17-42)10-18-43)21-25-2-4-27(31(47)35(7-15-40)8-16-41)29(23-25)33(49)37(11-19-44)12-20-45/h1-4,22-23,38-45H,5-21H2. The molecule has 16 nitrogen and oxygen atoms in total. The van der Waals surface area contributed by atoms with Crippen molar-refractivity contribution in [2.24, 2.45) is 0 Å². The molecule has 4 amide bonds. The van der Waals surface area contributed by atoms with Crippen LogP contribution in [0.15, 0.2) is 36.4 Å². The normalized spacial score (nSPS) is 10.9. The van der Waals surface area contributed by atoms with E-state index in [-0.39, 0.29) is 107 Å². The summed E-state index contributed by atoms with van der Waals surface area (Å²) >= 11 is 0. The summed E-state index contributed by atoms with van der Waals surface area (Å²) in [5.41, 5.74) is 0.815. The van der Waals surface area contributed by atoms with E-state index in [0.29, 0.717) is 11.1 Å². The van der Waals surface area contributed by atoms with E-state index >= 15 is 0 Å². The molecule has 0 unspecified atom stereocenters. The molecule has 0 aliphatic carbocycles. The molecular weight excluding hydrogens is 644 g/mol. The molecule has 0 spiro atoms. The van der Waals surface area contributed by atoms with E-state index in [2.05, 4.69) is 0 Å². The maximum absolute atomic E-state index is 13.7. The Balaban J connectivity index is 2.70. The van der Waals surface area contributed by atoms with Crippen LogP contribution in [-0.4, -0.2) is 189 Å². The SMILES string of the molecule is O=C(c1ccc(Cc2ccc(C(=O)N(CCO)CCO)c(C(=O)N(CCO)CCO)c2)cc1C(=O)N(CCO)CCO)N(CCO)CCO. The fraction of sp³-hybridized carbons (Fsp3) is 0.515. The molecule has 0 fully saturated rings. The molecule has 16 heteroatoms. The Bertz CT molecular complexity index is 1250. The zero-order valence-corrected chi connectivity index (χ0v) is 27.5. The third kappa shape index (κ3) is 11.5. The second kappa shape index (κ2) is 21.9. The topological polar surface area (TPSA) is 243 Å². The third-order valence-corrected chi connectivity index (χ3v) is 7.61. The number of benzene rings is 2. The van der Waals surface area contributed by atoms with E-state index in [1.807, 2.05) is 0 Å². The number of carbonyl (C=O) groups excluding carboxylic acids is 4. The van der Waals surface area contributed by atoms with Gasteiger partial charge < -0.3 is 60.5 Å². The van der Waals surface area contributed by atoms with Crippen LogP contribution in [0, 0.1) is 0 Å². The van der Waals surface area contributed by atoms with Crippen molar-refractivity contribution in [3.8, 4) is 0 Å². The fourth-order valence-corrected chi connectivity index (χ4v) is 5.27. The summed E-state index contributed by atoms with van der Waals surface area (Å²) in [4.78, 5) is 59.1. The molecule has 0 aliphatic rings. The Labute approximate surface area is 284 Å². The number of aliphatic hydroxyl groups excluding tert-OH is 8. The molecule has 49 heavy (non-hydrogen) atoms. The molecule has 272 valence electrons. The molecule has 0 saturated heterocycles. The Kier molecular flexibility index (Phi) is 18.4. The van der Waals surface area contributed by atoms with Crippen LogP contribution in [-0.2, 0) is 6.42 Å². The smallest absolute Gasteiger partial charge is 0.254 e. The Hall–Kier alpha value is -4.00. The van der Waals surface area contributed by atoms with Crippen LogP contribution in [0.5, 0.6) is 0 Å². The molecule has 0 aliphatic heterocycles. The molecule has 2 aromatic rings. The lowest BCUT2D eigenvalue weighted by Crippen LogP contribution is -2.39. The Morgan fingerprint density at radius 2 is 0.592 bits per heavy atom. The first kappa shape index (κ1) is 41.2. The van der Waals surface area contributed by atoms with Gasteiger partial charge in [-0.1, -0.05) is 12.1 Å². The summed E-state index contributed by atoms with van der Waals surface area (Å²) < 4.78 is 0. The van der Waals surface area contributed by atoms with Crippen molar-refractivity contribution in [1.82, 2.24) is 19.6 Å². The van der Waals surface area contributed by atoms with Crippen molar-refractivity contribution in [2.75, 3.05) is 105 Å². The van der Waals surface area contributed by atoms with Crippen LogP contribution < -0.4 is 0 Å². The minimum absolute atomic E-state index is 0.0372. The van der Waals surface area contributed by atoms with Crippen LogP contribution in [0.2, 0.25) is 0 Å². The molecule has 0 radical (unpaired) electrons. The number of hydrogen-bond acceptors (Lipinski definition) is 12. The number of hydrogen-bond donors (Lipinski definition) is 8. The minimum Gasteiger partial charge on any atom is -0.395 e. The van der Waals surface area contributed by atoms with Crippen molar-refractivity contribution >= 4 is 23.6 Å². The highest BCUT2D eigenvalue weighted by Gasteiger charge is 2.27. The highest BCUT2D eigenvalue weighted by molar-refractivity contribution is 6.08. The number of rotatable bonds is 22. The minimum atomic E-state index is -0.658. The lowest BCUT2D eigenvalue weighted by molar-refractivity contribution is 0.0648. The maximum Gasteiger partial charge on any atom is 0.254 e. The summed E-state index contributed by atoms with van der Waals surface area (Å²) in [6, 6.07) is 8.91. The molecular formula is C33H48N4O12. The van der Waals surface area contributed by atoms with E-state index in [9.17, 15) is 60.0 Å². The van der Waals surface area contributed by atoms with Gasteiger partial charge in [0.05, 0.1) is 75.1 Å². The van der Waals surface area contributed by atoms with Crippen molar-refractivity contribution in [2.45, 2.75) is 6.42 Å². The third-order valence-electron chi connectivity index (χ3n) is 7.61. The fourth-order valence-electron chi connectivity index (χ4n) is 5.27. The lowest BCUT2D eigenvalue weighted by Gasteiger charge is -2.26. The quantitative estimate of drug-likeness (QED) is 0.0615. The second-order valence-electron chi connectivity index (χ2n) is 10.9. The van der Waals surface area contributed by atoms with Gasteiger partial charge in [0.25, 0.3) is 23.6 Å². The first-order valence-corrected chi connectivity index (χ1v) is 16.0. The van der Waals surface area contributed by atoms with Crippen molar-refractivity contribution in [3.05, 3.63) is 69.8 Å². The first-order valence-electron chi connectivity index (χ1n) is 16.0. The van der Waals surface area contributed by atoms with Gasteiger partial charge in [0, 0.05) is 52.4 Å². The summed E-state index contributed by atoms with van der Waals surface area (Å²) in [5, 5.41) is 76.0. The molecule has 2 rings (SSSR count). The molecule has 0 saturated carbocycles. The van der Waals surface area contributed by atoms with Gasteiger partial charge in [-0.2, -0.15) is 0 Å². The lowest BCUT2D eigenvalue weighted by atomic mass is 9.94. The van der Waals surface area contributed by atoms with Gasteiger partial charge in [0.15, 0.2) is 0 Å². The number of amides is 4. The van der Waals surface area contributed by atoms with Gasteiger partial charge in [-0.05, 0) is 41.8 Å². The number of aliphatic hydroxyl groups is 8. The second-order valence-corrected chi connectivity index (χ2v) is 10.9. The van der Waals surface area contributed by atoms with Crippen LogP contribution in [0.3, 0.4) is 0 Å². The molecule has 0 bridgehead atoms. The molecule has 0 atom stereocenters. The summed E-state index contributed by atoms with van der Waals surface area (Å²) in [6.45, 7) is -4.12. The van der Waals surface area contributed by atoms with Gasteiger partial charge in [-0.25, -0.2) is 0 Å². The van der Waals surface area contributed by atoms with Gasteiger partial charge in [0.2, 0.25) is 0 Å². The molecule has 8 N–H and O–H groups in total. The Morgan fingerprint density at radius 3 is 0.816 bits per heavy atom. The van der Waals surface area contributed by atoms with E-state index in [0.717, 1.165) is 0 Å². The van der Waals surface area contributed by atoms with E-state index in [1.165, 1.54) is 43.9 Å². The molecule has 0 heterocycles. The predicted molar refractivity (Wildman–Crippen MR) is 176 cm³/mol. The number of nitrogens with zero attached hydrogens (tertiary/aromatic N) is 4. The van der Waals surface area contributed by atoms with E-state index in [1.54, 1.807) is 12.1 Å². The van der Waals surface area contributed by atoms with Gasteiger partial charge >= 0.3 is 0 Å². The molecule has 2 aromatic carbocycles. The average molecular weight is 693 g/mol. The first-order chi connectivity index (χ1) is 23.6. The average Bonchev–Trinajstić information content (AvgIpc) is 3.10. The Morgan fingerprint density at radius 1 is 0.367 bits per heavy atom. The summed E-state index contributed by atoms with van der Waals surface area (Å²) in [7, 11) is 0. The van der Waals surface area contributed by atoms with E-state index in [4.69, 9.17) is 0 Å². The zero-order chi connectivity index (χ0) is 36.3. The van der Waals surface area contributed by atoms with Gasteiger partial charge in [-0.15, -0.1) is 0 Å². The monoisotopic (exact) mass is 692 g/mol. The van der Waals surface area contributed by atoms with Gasteiger partial charge in [0.1, 0.15) is 0 Å². The van der Waals surface area contributed by atoms with Gasteiger partial charge in [-0.3, -0.25) is 19.2 Å². The van der Waals surface area contributed by atoms with Crippen LogP contribution in [0.4, 0.5) is 0 Å². The van der Waals surface area contributed by atoms with Crippen LogP contribution in [0.25, 0.3) is 0 Å². The van der Waals surface area contributed by atoms with Crippen LogP contribution >= 0.6 is 0 Å². The highest BCUT2D eigenvalue weighted by Crippen LogP contribution is 2.23. The van der Waals surface area contributed by atoms with Crippen molar-refractivity contribution in [1.29, 1.82) is 0 Å². The predicted octanol–water partition coefficient (Wildman–Crippen LogP) is -3.02. The summed E-state index contributed by atoms with van der Waals surface area (Å²) in [5.74, 6) is -2.58. The largest absolute Gasteiger partial charge is 0.395 e. The zero-order valence-electron chi connectivity index (χ0n) is 27.5. The molecule has 0 aromatic heterocycles. The maximum atomic E-state index is 13.7. The van der Waals surface area contributed by atoms with Crippen LogP contribution in [0.1, 0.15) is 52.6 Å². The number of carbonyl (C=O) groups is 4. The van der Waals surface area contributed by atoms with E-state index < -0.39 is 50.1 Å². The van der Waals surface area contributed by atoms with Crippen molar-refractivity contribution < 1.29 is 60.0 Å².